The van der Waals surface area contributed by atoms with Crippen LogP contribution in [0.25, 0.3) is 0 Å². The lowest BCUT2D eigenvalue weighted by molar-refractivity contribution is -0.132. The topological polar surface area (TPSA) is 89.0 Å². The van der Waals surface area contributed by atoms with Crippen LogP contribution in [0.5, 0.6) is 11.5 Å². The standard InChI is InChI=1S/C19H20ClN3O4/c1-12-15(20)5-4-6-16(12)21-11-19(25)23-22-10-14-7-8-17(27-13(2)24)18(9-14)26-3/h4-10,21H,11H2,1-3H3,(H,23,25). The Bertz CT molecular complexity index is 868. The molecule has 2 rings (SSSR count). The third-order valence-electron chi connectivity index (χ3n) is 3.55. The number of amides is 1. The normalized spacial score (nSPS) is 10.5. The molecule has 0 spiro atoms. The van der Waals surface area contributed by atoms with Gasteiger partial charge in [0.15, 0.2) is 11.5 Å². The minimum Gasteiger partial charge on any atom is -0.493 e. The van der Waals surface area contributed by atoms with Gasteiger partial charge in [-0.25, -0.2) is 5.43 Å². The van der Waals surface area contributed by atoms with Crippen molar-refractivity contribution in [3.05, 3.63) is 52.5 Å². The van der Waals surface area contributed by atoms with Crippen LogP contribution in [0.3, 0.4) is 0 Å². The predicted molar refractivity (Wildman–Crippen MR) is 105 cm³/mol. The van der Waals surface area contributed by atoms with Crippen molar-refractivity contribution in [1.29, 1.82) is 0 Å². The van der Waals surface area contributed by atoms with Crippen LogP contribution in [-0.4, -0.2) is 31.7 Å². The first-order chi connectivity index (χ1) is 12.9. The van der Waals surface area contributed by atoms with E-state index in [-0.39, 0.29) is 12.5 Å². The monoisotopic (exact) mass is 389 g/mol. The van der Waals surface area contributed by atoms with Crippen molar-refractivity contribution in [3.8, 4) is 11.5 Å². The first-order valence-corrected chi connectivity index (χ1v) is 8.46. The van der Waals surface area contributed by atoms with E-state index in [1.165, 1.54) is 20.2 Å². The van der Waals surface area contributed by atoms with E-state index in [0.717, 1.165) is 11.3 Å². The third-order valence-corrected chi connectivity index (χ3v) is 3.96. The van der Waals surface area contributed by atoms with Crippen molar-refractivity contribution < 1.29 is 19.1 Å². The van der Waals surface area contributed by atoms with Crippen LogP contribution in [0, 0.1) is 6.92 Å². The molecule has 27 heavy (non-hydrogen) atoms. The molecule has 0 aliphatic rings. The zero-order valence-electron chi connectivity index (χ0n) is 15.2. The number of carbonyl (C=O) groups excluding carboxylic acids is 2. The number of halogens is 1. The molecule has 0 radical (unpaired) electrons. The summed E-state index contributed by atoms with van der Waals surface area (Å²) in [5.41, 5.74) is 4.75. The van der Waals surface area contributed by atoms with Crippen molar-refractivity contribution in [2.45, 2.75) is 13.8 Å². The molecule has 0 saturated carbocycles. The van der Waals surface area contributed by atoms with Gasteiger partial charge in [-0.1, -0.05) is 17.7 Å². The minimum absolute atomic E-state index is 0.0488. The van der Waals surface area contributed by atoms with E-state index >= 15 is 0 Å². The number of hydrogen-bond donors (Lipinski definition) is 2. The second kappa shape index (κ2) is 9.59. The van der Waals surface area contributed by atoms with Crippen LogP contribution in [0.15, 0.2) is 41.5 Å². The van der Waals surface area contributed by atoms with E-state index in [9.17, 15) is 9.59 Å². The lowest BCUT2D eigenvalue weighted by atomic mass is 10.2. The average Bonchev–Trinajstić information content (AvgIpc) is 2.63. The number of esters is 1. The summed E-state index contributed by atoms with van der Waals surface area (Å²) in [6.45, 7) is 3.23. The van der Waals surface area contributed by atoms with Crippen LogP contribution in [0.4, 0.5) is 5.69 Å². The van der Waals surface area contributed by atoms with Crippen molar-refractivity contribution in [1.82, 2.24) is 5.43 Å². The summed E-state index contributed by atoms with van der Waals surface area (Å²) >= 11 is 6.04. The molecule has 142 valence electrons. The number of carbonyl (C=O) groups is 2. The number of rotatable bonds is 7. The van der Waals surface area contributed by atoms with Crippen molar-refractivity contribution >= 4 is 35.4 Å². The van der Waals surface area contributed by atoms with Crippen molar-refractivity contribution in [3.63, 3.8) is 0 Å². The molecule has 0 aliphatic heterocycles. The molecule has 0 aromatic heterocycles. The number of hydrazone groups is 1. The molecule has 0 atom stereocenters. The summed E-state index contributed by atoms with van der Waals surface area (Å²) in [5.74, 6) is -0.0515. The van der Waals surface area contributed by atoms with Gasteiger partial charge in [-0.15, -0.1) is 0 Å². The molecule has 0 unspecified atom stereocenters. The average molecular weight is 390 g/mol. The molecular formula is C19H20ClN3O4. The Morgan fingerprint density at radius 2 is 2.00 bits per heavy atom. The van der Waals surface area contributed by atoms with E-state index in [4.69, 9.17) is 21.1 Å². The SMILES string of the molecule is COc1cc(C=NNC(=O)CNc2cccc(Cl)c2C)ccc1OC(C)=O. The highest BCUT2D eigenvalue weighted by Crippen LogP contribution is 2.27. The van der Waals surface area contributed by atoms with Gasteiger partial charge in [0.1, 0.15) is 0 Å². The highest BCUT2D eigenvalue weighted by atomic mass is 35.5. The van der Waals surface area contributed by atoms with Gasteiger partial charge >= 0.3 is 5.97 Å². The van der Waals surface area contributed by atoms with Crippen molar-refractivity contribution in [2.75, 3.05) is 19.0 Å². The largest absolute Gasteiger partial charge is 0.493 e. The number of nitrogens with one attached hydrogen (secondary N) is 2. The molecule has 0 aliphatic carbocycles. The maximum Gasteiger partial charge on any atom is 0.308 e. The molecule has 1 amide bonds. The lowest BCUT2D eigenvalue weighted by Gasteiger charge is -2.09. The number of anilines is 1. The summed E-state index contributed by atoms with van der Waals surface area (Å²) in [5, 5.41) is 7.54. The van der Waals surface area contributed by atoms with E-state index < -0.39 is 5.97 Å². The van der Waals surface area contributed by atoms with Gasteiger partial charge in [-0.05, 0) is 48.4 Å². The van der Waals surface area contributed by atoms with Crippen molar-refractivity contribution in [2.24, 2.45) is 5.10 Å². The Hall–Kier alpha value is -3.06. The molecule has 0 bridgehead atoms. The molecule has 0 fully saturated rings. The first-order valence-electron chi connectivity index (χ1n) is 8.08. The highest BCUT2D eigenvalue weighted by Gasteiger charge is 2.08. The minimum atomic E-state index is -0.440. The number of methoxy groups -OCH3 is 1. The van der Waals surface area contributed by atoms with Crippen LogP contribution < -0.4 is 20.2 Å². The Morgan fingerprint density at radius 3 is 2.70 bits per heavy atom. The third kappa shape index (κ3) is 6.00. The summed E-state index contributed by atoms with van der Waals surface area (Å²) in [7, 11) is 1.47. The second-order valence-corrected chi connectivity index (χ2v) is 5.97. The zero-order chi connectivity index (χ0) is 19.8. The van der Waals surface area contributed by atoms with Gasteiger partial charge < -0.3 is 14.8 Å². The molecule has 8 heteroatoms. The van der Waals surface area contributed by atoms with Gasteiger partial charge in [0.05, 0.1) is 19.9 Å². The molecule has 2 N–H and O–H groups in total. The van der Waals surface area contributed by atoms with E-state index in [0.29, 0.717) is 22.1 Å². The first kappa shape index (κ1) is 20.3. The smallest absolute Gasteiger partial charge is 0.308 e. The Balaban J connectivity index is 1.91. The highest BCUT2D eigenvalue weighted by molar-refractivity contribution is 6.31. The molecule has 7 nitrogen and oxygen atoms in total. The molecule has 0 saturated heterocycles. The molecule has 2 aromatic rings. The van der Waals surface area contributed by atoms with Gasteiger partial charge in [-0.3, -0.25) is 9.59 Å². The fourth-order valence-corrected chi connectivity index (χ4v) is 2.37. The Labute approximate surface area is 162 Å². The number of nitrogens with zero attached hydrogens (tertiary/aromatic N) is 1. The maximum absolute atomic E-state index is 11.9. The summed E-state index contributed by atoms with van der Waals surface area (Å²) in [4.78, 5) is 23.0. The zero-order valence-corrected chi connectivity index (χ0v) is 16.0. The number of hydrogen-bond acceptors (Lipinski definition) is 6. The summed E-state index contributed by atoms with van der Waals surface area (Å²) in [6.07, 6.45) is 1.46. The Morgan fingerprint density at radius 1 is 1.22 bits per heavy atom. The Kier molecular flexibility index (Phi) is 7.19. The summed E-state index contributed by atoms with van der Waals surface area (Å²) in [6, 6.07) is 10.3. The quantitative estimate of drug-likeness (QED) is 0.328. The molecule has 2 aromatic carbocycles. The predicted octanol–water partition coefficient (Wildman–Crippen LogP) is 3.14. The number of benzene rings is 2. The van der Waals surface area contributed by atoms with Gasteiger partial charge in [-0.2, -0.15) is 5.10 Å². The van der Waals surface area contributed by atoms with Crippen LogP contribution in [0.1, 0.15) is 18.1 Å². The van der Waals surface area contributed by atoms with E-state index in [2.05, 4.69) is 15.8 Å². The van der Waals surface area contributed by atoms with Gasteiger partial charge in [0.2, 0.25) is 0 Å². The fraction of sp³-hybridized carbons (Fsp3) is 0.211. The van der Waals surface area contributed by atoms with Crippen LogP contribution >= 0.6 is 11.6 Å². The molecule has 0 heterocycles. The van der Waals surface area contributed by atoms with E-state index in [1.807, 2.05) is 13.0 Å². The number of ether oxygens (including phenoxy) is 2. The lowest BCUT2D eigenvalue weighted by Crippen LogP contribution is -2.26. The summed E-state index contributed by atoms with van der Waals surface area (Å²) < 4.78 is 10.2. The van der Waals surface area contributed by atoms with Gasteiger partial charge in [0, 0.05) is 17.6 Å². The maximum atomic E-state index is 11.9. The second-order valence-electron chi connectivity index (χ2n) is 5.56. The van der Waals surface area contributed by atoms with E-state index in [1.54, 1.807) is 30.3 Å². The fourth-order valence-electron chi connectivity index (χ4n) is 2.20. The van der Waals surface area contributed by atoms with Crippen LogP contribution in [-0.2, 0) is 9.59 Å². The molecular weight excluding hydrogens is 370 g/mol. The van der Waals surface area contributed by atoms with Crippen LogP contribution in [0.2, 0.25) is 5.02 Å². The van der Waals surface area contributed by atoms with Gasteiger partial charge in [0.25, 0.3) is 5.91 Å².